The minimum atomic E-state index is -0.310. The van der Waals surface area contributed by atoms with E-state index in [-0.39, 0.29) is 5.91 Å². The summed E-state index contributed by atoms with van der Waals surface area (Å²) >= 11 is 0. The molecular weight excluding hydrogens is 394 g/mol. The summed E-state index contributed by atoms with van der Waals surface area (Å²) in [5.41, 5.74) is 9.89. The number of nitrogens with two attached hydrogens (primary N) is 1. The average molecular weight is 415 g/mol. The topological polar surface area (TPSA) is 122 Å². The monoisotopic (exact) mass is 415 g/mol. The molecule has 0 unspecified atom stereocenters. The van der Waals surface area contributed by atoms with Crippen LogP contribution in [0.3, 0.4) is 0 Å². The Morgan fingerprint density at radius 3 is 2.71 bits per heavy atom. The lowest BCUT2D eigenvalue weighted by molar-refractivity contribution is 0.102. The number of nitrogen functional groups attached to an aromatic ring is 1. The molecule has 9 heteroatoms. The van der Waals surface area contributed by atoms with E-state index in [0.717, 1.165) is 40.9 Å². The van der Waals surface area contributed by atoms with Crippen LogP contribution in [0, 0.1) is 0 Å². The standard InChI is InChI=1S/C22H21N7O2/c23-16-9-15(11-24-12-16)14-1-3-19-18(10-14)21(28-27-19)22(30)26-17-2-4-20(25-13-17)29-5-7-31-8-6-29/h1-4,9-13H,5-8,23H2,(H,26,30)(H,27,28). The van der Waals surface area contributed by atoms with Gasteiger partial charge in [-0.1, -0.05) is 6.07 Å². The second kappa shape index (κ2) is 8.04. The van der Waals surface area contributed by atoms with Crippen LogP contribution >= 0.6 is 0 Å². The van der Waals surface area contributed by atoms with Crippen molar-refractivity contribution in [2.75, 3.05) is 42.3 Å². The second-order valence-corrected chi connectivity index (χ2v) is 7.30. The first-order chi connectivity index (χ1) is 15.2. The van der Waals surface area contributed by atoms with E-state index >= 15 is 0 Å². The number of hydrogen-bond donors (Lipinski definition) is 3. The normalized spacial score (nSPS) is 14.0. The molecule has 31 heavy (non-hydrogen) atoms. The van der Waals surface area contributed by atoms with E-state index in [9.17, 15) is 4.79 Å². The van der Waals surface area contributed by atoms with E-state index in [1.807, 2.05) is 36.4 Å². The SMILES string of the molecule is Nc1cncc(-c2ccc3[nH]nc(C(=O)Nc4ccc(N5CCOCC5)nc4)c3c2)c1. The largest absolute Gasteiger partial charge is 0.397 e. The number of carbonyl (C=O) groups excluding carboxylic acids is 1. The zero-order chi connectivity index (χ0) is 21.2. The van der Waals surface area contributed by atoms with E-state index in [1.165, 1.54) is 0 Å². The van der Waals surface area contributed by atoms with Crippen LogP contribution in [0.15, 0.2) is 55.0 Å². The molecule has 1 aliphatic rings. The van der Waals surface area contributed by atoms with Gasteiger partial charge in [0.1, 0.15) is 5.82 Å². The van der Waals surface area contributed by atoms with Crippen LogP contribution in [-0.4, -0.2) is 52.4 Å². The summed E-state index contributed by atoms with van der Waals surface area (Å²) in [6.45, 7) is 3.01. The Hall–Kier alpha value is -3.98. The van der Waals surface area contributed by atoms with Crippen LogP contribution in [0.5, 0.6) is 0 Å². The number of carbonyl (C=O) groups is 1. The number of nitrogens with one attached hydrogen (secondary N) is 2. The van der Waals surface area contributed by atoms with Crippen molar-refractivity contribution in [3.8, 4) is 11.1 Å². The number of ether oxygens (including phenoxy) is 1. The Labute approximate surface area is 178 Å². The highest BCUT2D eigenvalue weighted by Gasteiger charge is 2.17. The Balaban J connectivity index is 1.37. The zero-order valence-electron chi connectivity index (χ0n) is 16.7. The molecule has 9 nitrogen and oxygen atoms in total. The third-order valence-corrected chi connectivity index (χ3v) is 5.21. The van der Waals surface area contributed by atoms with Crippen molar-refractivity contribution in [1.29, 1.82) is 0 Å². The van der Waals surface area contributed by atoms with E-state index in [0.29, 0.717) is 30.3 Å². The number of benzene rings is 1. The van der Waals surface area contributed by atoms with E-state index < -0.39 is 0 Å². The quantitative estimate of drug-likeness (QED) is 0.468. The fraction of sp³-hybridized carbons (Fsp3) is 0.182. The molecule has 1 aromatic carbocycles. The van der Waals surface area contributed by atoms with Gasteiger partial charge in [-0.05, 0) is 35.9 Å². The maximum atomic E-state index is 12.9. The number of hydrogen-bond acceptors (Lipinski definition) is 7. The van der Waals surface area contributed by atoms with Gasteiger partial charge < -0.3 is 20.7 Å². The first-order valence-electron chi connectivity index (χ1n) is 9.96. The van der Waals surface area contributed by atoms with Crippen LogP contribution in [0.25, 0.3) is 22.0 Å². The van der Waals surface area contributed by atoms with Crippen LogP contribution in [-0.2, 0) is 4.74 Å². The highest BCUT2D eigenvalue weighted by atomic mass is 16.5. The molecule has 0 aliphatic carbocycles. The summed E-state index contributed by atoms with van der Waals surface area (Å²) in [6, 6.07) is 11.3. The molecule has 0 spiro atoms. The molecule has 1 fully saturated rings. The van der Waals surface area contributed by atoms with Crippen molar-refractivity contribution in [1.82, 2.24) is 20.2 Å². The maximum Gasteiger partial charge on any atom is 0.276 e. The maximum absolute atomic E-state index is 12.9. The summed E-state index contributed by atoms with van der Waals surface area (Å²) in [5.74, 6) is 0.557. The summed E-state index contributed by atoms with van der Waals surface area (Å²) in [4.78, 5) is 23.7. The third kappa shape index (κ3) is 3.90. The van der Waals surface area contributed by atoms with E-state index in [4.69, 9.17) is 10.5 Å². The highest BCUT2D eigenvalue weighted by Crippen LogP contribution is 2.26. The fourth-order valence-electron chi connectivity index (χ4n) is 3.61. The first-order valence-corrected chi connectivity index (χ1v) is 9.96. The molecule has 0 bridgehead atoms. The molecule has 4 heterocycles. The molecule has 1 saturated heterocycles. The summed E-state index contributed by atoms with van der Waals surface area (Å²) in [7, 11) is 0. The van der Waals surface area contributed by atoms with Gasteiger partial charge in [0.2, 0.25) is 0 Å². The lowest BCUT2D eigenvalue weighted by Crippen LogP contribution is -2.36. The number of morpholine rings is 1. The number of fused-ring (bicyclic) bond motifs is 1. The predicted molar refractivity (Wildman–Crippen MR) is 119 cm³/mol. The molecule has 4 aromatic rings. The molecule has 5 rings (SSSR count). The van der Waals surface area contributed by atoms with Crippen molar-refractivity contribution >= 4 is 34.0 Å². The van der Waals surface area contributed by atoms with Crippen molar-refractivity contribution in [3.63, 3.8) is 0 Å². The summed E-state index contributed by atoms with van der Waals surface area (Å²) in [5, 5.41) is 10.7. The second-order valence-electron chi connectivity index (χ2n) is 7.30. The van der Waals surface area contributed by atoms with Crippen molar-refractivity contribution in [2.24, 2.45) is 0 Å². The number of anilines is 3. The third-order valence-electron chi connectivity index (χ3n) is 5.21. The number of nitrogens with zero attached hydrogens (tertiary/aromatic N) is 4. The molecule has 0 saturated carbocycles. The molecule has 0 atom stereocenters. The van der Waals surface area contributed by atoms with Gasteiger partial charge in [-0.2, -0.15) is 5.10 Å². The van der Waals surface area contributed by atoms with Gasteiger partial charge in [0, 0.05) is 36.4 Å². The predicted octanol–water partition coefficient (Wildman–Crippen LogP) is 2.69. The molecule has 3 aromatic heterocycles. The molecule has 1 amide bonds. The van der Waals surface area contributed by atoms with Crippen LogP contribution in [0.2, 0.25) is 0 Å². The van der Waals surface area contributed by atoms with Gasteiger partial charge in [0.05, 0.1) is 36.3 Å². The molecule has 4 N–H and O–H groups in total. The number of H-pyrrole nitrogens is 1. The number of amides is 1. The van der Waals surface area contributed by atoms with Gasteiger partial charge in [-0.15, -0.1) is 0 Å². The number of rotatable bonds is 4. The molecular formula is C22H21N7O2. The van der Waals surface area contributed by atoms with Gasteiger partial charge in [0.25, 0.3) is 5.91 Å². The first kappa shape index (κ1) is 19.0. The lowest BCUT2D eigenvalue weighted by atomic mass is 10.0. The van der Waals surface area contributed by atoms with E-state index in [2.05, 4.69) is 30.4 Å². The summed E-state index contributed by atoms with van der Waals surface area (Å²) in [6.07, 6.45) is 4.98. The summed E-state index contributed by atoms with van der Waals surface area (Å²) < 4.78 is 5.37. The number of aromatic nitrogens is 4. The number of aromatic amines is 1. The minimum Gasteiger partial charge on any atom is -0.397 e. The molecule has 1 aliphatic heterocycles. The average Bonchev–Trinajstić information content (AvgIpc) is 3.24. The Kier molecular flexibility index (Phi) is 4.93. The fourth-order valence-corrected chi connectivity index (χ4v) is 3.61. The van der Waals surface area contributed by atoms with Crippen molar-refractivity contribution in [3.05, 3.63) is 60.7 Å². The van der Waals surface area contributed by atoms with Crippen molar-refractivity contribution in [2.45, 2.75) is 0 Å². The number of pyridine rings is 2. The Morgan fingerprint density at radius 2 is 1.94 bits per heavy atom. The molecule has 156 valence electrons. The smallest absolute Gasteiger partial charge is 0.276 e. The van der Waals surface area contributed by atoms with Gasteiger partial charge in [-0.3, -0.25) is 14.9 Å². The highest BCUT2D eigenvalue weighted by molar-refractivity contribution is 6.11. The lowest BCUT2D eigenvalue weighted by Gasteiger charge is -2.27. The van der Waals surface area contributed by atoms with Gasteiger partial charge >= 0.3 is 0 Å². The van der Waals surface area contributed by atoms with E-state index in [1.54, 1.807) is 18.6 Å². The van der Waals surface area contributed by atoms with Crippen molar-refractivity contribution < 1.29 is 9.53 Å². The van der Waals surface area contributed by atoms with Crippen LogP contribution in [0.1, 0.15) is 10.5 Å². The van der Waals surface area contributed by atoms with Crippen LogP contribution in [0.4, 0.5) is 17.2 Å². The zero-order valence-corrected chi connectivity index (χ0v) is 16.7. The Bertz CT molecular complexity index is 1230. The van der Waals surface area contributed by atoms with Gasteiger partial charge in [0.15, 0.2) is 5.69 Å². The molecule has 0 radical (unpaired) electrons. The minimum absolute atomic E-state index is 0.310. The van der Waals surface area contributed by atoms with Gasteiger partial charge in [-0.25, -0.2) is 4.98 Å². The Morgan fingerprint density at radius 1 is 1.06 bits per heavy atom. The van der Waals surface area contributed by atoms with Crippen LogP contribution < -0.4 is 16.0 Å².